The molecule has 18 heavy (non-hydrogen) atoms. The van der Waals surface area contributed by atoms with E-state index < -0.39 is 0 Å². The van der Waals surface area contributed by atoms with E-state index in [-0.39, 0.29) is 5.91 Å². The molecule has 0 radical (unpaired) electrons. The molecule has 98 valence electrons. The third-order valence-corrected chi connectivity index (χ3v) is 5.22. The van der Waals surface area contributed by atoms with Crippen molar-refractivity contribution in [3.8, 4) is 0 Å². The van der Waals surface area contributed by atoms with E-state index in [4.69, 9.17) is 0 Å². The summed E-state index contributed by atoms with van der Waals surface area (Å²) in [5, 5.41) is 3.78. The van der Waals surface area contributed by atoms with Gasteiger partial charge in [0.15, 0.2) is 0 Å². The summed E-state index contributed by atoms with van der Waals surface area (Å²) in [5.41, 5.74) is 0. The van der Waals surface area contributed by atoms with E-state index in [2.05, 4.69) is 21.4 Å². The maximum absolute atomic E-state index is 12.5. The number of aromatic nitrogens is 2. The number of nitrogens with zero attached hydrogens (tertiary/aromatic N) is 3. The largest absolute Gasteiger partial charge is 0.335 e. The van der Waals surface area contributed by atoms with Crippen LogP contribution in [0.3, 0.4) is 0 Å². The molecule has 0 unspecified atom stereocenters. The van der Waals surface area contributed by atoms with Gasteiger partial charge in [0.1, 0.15) is 4.88 Å². The Morgan fingerprint density at radius 2 is 2.22 bits per heavy atom. The van der Waals surface area contributed by atoms with Crippen LogP contribution in [0.5, 0.6) is 0 Å². The molecule has 3 atom stereocenters. The minimum atomic E-state index is 0.147. The fourth-order valence-corrected chi connectivity index (χ4v) is 4.04. The molecule has 1 amide bonds. The molecule has 1 saturated carbocycles. The fraction of sp³-hybridized carbons (Fsp3) is 0.769. The topological polar surface area (TPSA) is 46.1 Å². The number of carbonyl (C=O) groups excluding carboxylic acids is 1. The number of likely N-dealkylation sites (tertiary alicyclic amines) is 1. The van der Waals surface area contributed by atoms with Crippen molar-refractivity contribution in [3.63, 3.8) is 0 Å². The van der Waals surface area contributed by atoms with Crippen LogP contribution in [-0.4, -0.2) is 33.0 Å². The van der Waals surface area contributed by atoms with E-state index in [1.807, 2.05) is 0 Å². The fourth-order valence-electron chi connectivity index (χ4n) is 3.57. The lowest BCUT2D eigenvalue weighted by molar-refractivity contribution is 0.0221. The lowest BCUT2D eigenvalue weighted by Gasteiger charge is -2.47. The summed E-state index contributed by atoms with van der Waals surface area (Å²) in [5.74, 6) is 1.62. The maximum Gasteiger partial charge on any atom is 0.267 e. The Balaban J connectivity index is 1.81. The van der Waals surface area contributed by atoms with Gasteiger partial charge in [0.25, 0.3) is 5.91 Å². The third-order valence-electron chi connectivity index (χ3n) is 4.57. The number of hydrogen-bond acceptors (Lipinski definition) is 4. The Morgan fingerprint density at radius 3 is 3.00 bits per heavy atom. The standard InChI is InChI=1S/C13H19N3OS/c1-9-6-7-16(11-5-3-2-4-10(9)11)13(17)12-8-14-15-18-12/h8-11H,2-7H2,1H3/t9-,10+,11-/m1/s1. The highest BCUT2D eigenvalue weighted by atomic mass is 32.1. The first-order chi connectivity index (χ1) is 8.77. The Kier molecular flexibility index (Phi) is 3.33. The molecule has 1 aromatic rings. The second-order valence-electron chi connectivity index (χ2n) is 5.56. The van der Waals surface area contributed by atoms with Crippen LogP contribution in [0.15, 0.2) is 6.20 Å². The summed E-state index contributed by atoms with van der Waals surface area (Å²) < 4.78 is 3.80. The molecule has 0 N–H and O–H groups in total. The molecule has 5 heteroatoms. The molecule has 1 saturated heterocycles. The van der Waals surface area contributed by atoms with Gasteiger partial charge in [0.2, 0.25) is 0 Å². The predicted molar refractivity (Wildman–Crippen MR) is 70.5 cm³/mol. The van der Waals surface area contributed by atoms with Gasteiger partial charge in [-0.25, -0.2) is 0 Å². The Morgan fingerprint density at radius 1 is 1.39 bits per heavy atom. The number of hydrogen-bond donors (Lipinski definition) is 0. The van der Waals surface area contributed by atoms with Crippen LogP contribution in [0.4, 0.5) is 0 Å². The number of carbonyl (C=O) groups is 1. The molecule has 1 aromatic heterocycles. The summed E-state index contributed by atoms with van der Waals surface area (Å²) in [6, 6.07) is 0.456. The highest BCUT2D eigenvalue weighted by Crippen LogP contribution is 2.39. The molecule has 2 fully saturated rings. The van der Waals surface area contributed by atoms with E-state index >= 15 is 0 Å². The van der Waals surface area contributed by atoms with E-state index in [0.29, 0.717) is 16.8 Å². The van der Waals surface area contributed by atoms with Gasteiger partial charge in [0, 0.05) is 12.6 Å². The zero-order valence-corrected chi connectivity index (χ0v) is 11.5. The highest BCUT2D eigenvalue weighted by Gasteiger charge is 2.39. The van der Waals surface area contributed by atoms with Crippen molar-refractivity contribution < 1.29 is 4.79 Å². The first-order valence-electron chi connectivity index (χ1n) is 6.85. The molecule has 0 spiro atoms. The molecule has 2 aliphatic rings. The first kappa shape index (κ1) is 12.1. The lowest BCUT2D eigenvalue weighted by atomic mass is 9.72. The Hall–Kier alpha value is -0.970. The van der Waals surface area contributed by atoms with Crippen molar-refractivity contribution in [3.05, 3.63) is 11.1 Å². The van der Waals surface area contributed by atoms with Crippen LogP contribution < -0.4 is 0 Å². The molecule has 3 rings (SSSR count). The summed E-state index contributed by atoms with van der Waals surface area (Å²) in [4.78, 5) is 15.3. The average molecular weight is 265 g/mol. The molecule has 1 aliphatic heterocycles. The van der Waals surface area contributed by atoms with Crippen molar-refractivity contribution in [2.75, 3.05) is 6.54 Å². The van der Waals surface area contributed by atoms with Gasteiger partial charge in [-0.05, 0) is 42.6 Å². The van der Waals surface area contributed by atoms with Crippen LogP contribution in [-0.2, 0) is 0 Å². The minimum Gasteiger partial charge on any atom is -0.335 e. The summed E-state index contributed by atoms with van der Waals surface area (Å²) in [6.45, 7) is 3.25. The van der Waals surface area contributed by atoms with Gasteiger partial charge in [-0.3, -0.25) is 4.79 Å². The molecule has 0 bridgehead atoms. The summed E-state index contributed by atoms with van der Waals surface area (Å²) in [6.07, 6.45) is 7.79. The van der Waals surface area contributed by atoms with Gasteiger partial charge in [-0.2, -0.15) is 0 Å². The Bertz CT molecular complexity index is 420. The maximum atomic E-state index is 12.5. The quantitative estimate of drug-likeness (QED) is 0.784. The number of piperidine rings is 1. The molecular weight excluding hydrogens is 246 g/mol. The van der Waals surface area contributed by atoms with Crippen molar-refractivity contribution in [1.82, 2.24) is 14.5 Å². The van der Waals surface area contributed by atoms with Gasteiger partial charge in [-0.1, -0.05) is 24.3 Å². The monoisotopic (exact) mass is 265 g/mol. The SMILES string of the molecule is C[C@@H]1CCN(C(=O)c2cnns2)[C@@H]2CCCC[C@@H]12. The molecule has 0 aromatic carbocycles. The molecule has 2 heterocycles. The second-order valence-corrected chi connectivity index (χ2v) is 6.35. The van der Waals surface area contributed by atoms with Crippen LogP contribution in [0, 0.1) is 11.8 Å². The van der Waals surface area contributed by atoms with Crippen molar-refractivity contribution in [2.45, 2.75) is 45.1 Å². The van der Waals surface area contributed by atoms with Crippen LogP contribution >= 0.6 is 11.5 Å². The van der Waals surface area contributed by atoms with Crippen LogP contribution in [0.25, 0.3) is 0 Å². The van der Waals surface area contributed by atoms with E-state index in [1.165, 1.54) is 37.2 Å². The lowest BCUT2D eigenvalue weighted by Crippen LogP contribution is -2.52. The summed E-state index contributed by atoms with van der Waals surface area (Å²) >= 11 is 1.21. The minimum absolute atomic E-state index is 0.147. The number of fused-ring (bicyclic) bond motifs is 1. The zero-order valence-electron chi connectivity index (χ0n) is 10.7. The van der Waals surface area contributed by atoms with Gasteiger partial charge in [0.05, 0.1) is 6.20 Å². The molecular formula is C13H19N3OS. The predicted octanol–water partition coefficient (Wildman–Crippen LogP) is 2.58. The van der Waals surface area contributed by atoms with Gasteiger partial charge in [-0.15, -0.1) is 5.10 Å². The Labute approximate surface area is 112 Å². The summed E-state index contributed by atoms with van der Waals surface area (Å²) in [7, 11) is 0. The average Bonchev–Trinajstić information content (AvgIpc) is 2.93. The van der Waals surface area contributed by atoms with Crippen LogP contribution in [0.1, 0.15) is 48.7 Å². The van der Waals surface area contributed by atoms with Gasteiger partial charge < -0.3 is 4.90 Å². The molecule has 1 aliphatic carbocycles. The second kappa shape index (κ2) is 4.96. The smallest absolute Gasteiger partial charge is 0.267 e. The normalized spacial score (nSPS) is 32.1. The molecule has 4 nitrogen and oxygen atoms in total. The van der Waals surface area contributed by atoms with Crippen molar-refractivity contribution >= 4 is 17.4 Å². The first-order valence-corrected chi connectivity index (χ1v) is 7.63. The van der Waals surface area contributed by atoms with Crippen molar-refractivity contribution in [1.29, 1.82) is 0 Å². The highest BCUT2D eigenvalue weighted by molar-refractivity contribution is 7.07. The van der Waals surface area contributed by atoms with E-state index in [0.717, 1.165) is 18.9 Å². The zero-order chi connectivity index (χ0) is 12.5. The van der Waals surface area contributed by atoms with Gasteiger partial charge >= 0.3 is 0 Å². The number of rotatable bonds is 1. The third kappa shape index (κ3) is 2.05. The van der Waals surface area contributed by atoms with E-state index in [9.17, 15) is 4.79 Å². The van der Waals surface area contributed by atoms with Crippen LogP contribution in [0.2, 0.25) is 0 Å². The van der Waals surface area contributed by atoms with E-state index in [1.54, 1.807) is 6.20 Å². The van der Waals surface area contributed by atoms with Crippen molar-refractivity contribution in [2.24, 2.45) is 11.8 Å². The number of amides is 1.